The third kappa shape index (κ3) is 2.27. The summed E-state index contributed by atoms with van der Waals surface area (Å²) in [6.45, 7) is 7.48. The van der Waals surface area contributed by atoms with Crippen LogP contribution in [-0.2, 0) is 14.2 Å². The summed E-state index contributed by atoms with van der Waals surface area (Å²) in [5.41, 5.74) is 1.74. The predicted octanol–water partition coefficient (Wildman–Crippen LogP) is 1.46. The maximum absolute atomic E-state index is 9.60. The summed E-state index contributed by atoms with van der Waals surface area (Å²) in [7, 11) is 0. The summed E-state index contributed by atoms with van der Waals surface area (Å²) in [5.74, 6) is 0.0290. The first-order valence-electron chi connectivity index (χ1n) is 7.83. The fourth-order valence-corrected chi connectivity index (χ4v) is 3.56. The second-order valence-corrected chi connectivity index (χ2v) is 6.63. The lowest BCUT2D eigenvalue weighted by atomic mass is 10.1. The Morgan fingerprint density at radius 3 is 2.70 bits per heavy atom. The molecule has 2 saturated heterocycles. The third-order valence-corrected chi connectivity index (χ3v) is 4.45. The van der Waals surface area contributed by atoms with Gasteiger partial charge in [-0.15, -0.1) is 0 Å². The first-order valence-corrected chi connectivity index (χ1v) is 7.83. The number of aliphatic hydroxyl groups is 1. The topological polar surface area (TPSA) is 78.6 Å². The van der Waals surface area contributed by atoms with Gasteiger partial charge in [0.25, 0.3) is 0 Å². The smallest absolute Gasteiger partial charge is 0.164 e. The highest BCUT2D eigenvalue weighted by Gasteiger charge is 2.55. The first-order chi connectivity index (χ1) is 10.9. The van der Waals surface area contributed by atoms with E-state index in [-0.39, 0.29) is 25.0 Å². The molecule has 2 aromatic heterocycles. The van der Waals surface area contributed by atoms with Crippen LogP contribution in [0.4, 0.5) is 0 Å². The molecule has 7 nitrogen and oxygen atoms in total. The van der Waals surface area contributed by atoms with E-state index in [9.17, 15) is 5.11 Å². The zero-order valence-electron chi connectivity index (χ0n) is 13.7. The van der Waals surface area contributed by atoms with Crippen LogP contribution >= 0.6 is 0 Å². The second-order valence-electron chi connectivity index (χ2n) is 6.63. The van der Waals surface area contributed by atoms with Crippen LogP contribution in [0.1, 0.15) is 31.6 Å². The minimum absolute atomic E-state index is 0.108. The molecule has 0 radical (unpaired) electrons. The van der Waals surface area contributed by atoms with E-state index in [2.05, 4.69) is 9.97 Å². The van der Waals surface area contributed by atoms with Crippen LogP contribution in [0.15, 0.2) is 12.3 Å². The summed E-state index contributed by atoms with van der Waals surface area (Å²) in [6.07, 6.45) is 0.565. The molecule has 7 heteroatoms. The molecule has 2 unspecified atom stereocenters. The number of aliphatic hydroxyl groups excluding tert-OH is 1. The van der Waals surface area contributed by atoms with Gasteiger partial charge in [0.15, 0.2) is 12.0 Å². The Morgan fingerprint density at radius 1 is 1.22 bits per heavy atom. The van der Waals surface area contributed by atoms with Gasteiger partial charge >= 0.3 is 0 Å². The van der Waals surface area contributed by atoms with Gasteiger partial charge in [-0.3, -0.25) is 0 Å². The molecule has 23 heavy (non-hydrogen) atoms. The quantitative estimate of drug-likeness (QED) is 0.903. The molecule has 4 atom stereocenters. The summed E-state index contributed by atoms with van der Waals surface area (Å²) < 4.78 is 19.9. The van der Waals surface area contributed by atoms with Gasteiger partial charge in [-0.05, 0) is 33.8 Å². The maximum Gasteiger partial charge on any atom is 0.164 e. The summed E-state index contributed by atoms with van der Waals surface area (Å²) >= 11 is 0. The number of rotatable bonds is 2. The van der Waals surface area contributed by atoms with Crippen LogP contribution in [0.25, 0.3) is 11.0 Å². The Hall–Kier alpha value is -1.54. The lowest BCUT2D eigenvalue weighted by Crippen LogP contribution is -2.31. The third-order valence-electron chi connectivity index (χ3n) is 4.45. The van der Waals surface area contributed by atoms with Crippen molar-refractivity contribution in [2.24, 2.45) is 0 Å². The molecular weight excluding hydrogens is 298 g/mol. The van der Waals surface area contributed by atoms with Crippen LogP contribution in [0.3, 0.4) is 0 Å². The van der Waals surface area contributed by atoms with E-state index in [1.165, 1.54) is 0 Å². The van der Waals surface area contributed by atoms with Gasteiger partial charge in [-0.25, -0.2) is 9.97 Å². The highest BCUT2D eigenvalue weighted by atomic mass is 16.8. The molecule has 4 rings (SSSR count). The average Bonchev–Trinajstić information content (AvgIpc) is 3.09. The summed E-state index contributed by atoms with van der Waals surface area (Å²) in [5, 5.41) is 10.6. The number of ether oxygens (including phenoxy) is 3. The van der Waals surface area contributed by atoms with Gasteiger partial charge in [-0.2, -0.15) is 0 Å². The lowest BCUT2D eigenvalue weighted by molar-refractivity contribution is -0.199. The highest BCUT2D eigenvalue weighted by Crippen LogP contribution is 2.43. The van der Waals surface area contributed by atoms with E-state index < -0.39 is 11.9 Å². The van der Waals surface area contributed by atoms with E-state index in [0.717, 1.165) is 16.7 Å². The van der Waals surface area contributed by atoms with Gasteiger partial charge in [0.05, 0.1) is 12.3 Å². The molecule has 0 spiro atoms. The average molecular weight is 319 g/mol. The standard InChI is InChI=1S/C16H21N3O4/c1-8-10-5-6-19(14(10)18-9(2)17-8)15-13-12(11(7-20)21-15)22-16(3,4)23-13/h5-6,11-13,15,20H,7H2,1-4H3/t11-,12?,13?,15-/m1/s1. The number of fused-ring (bicyclic) bond motifs is 2. The van der Waals surface area contributed by atoms with E-state index >= 15 is 0 Å². The number of aryl methyl sites for hydroxylation is 2. The molecule has 2 fully saturated rings. The van der Waals surface area contributed by atoms with Crippen molar-refractivity contribution in [3.05, 3.63) is 23.8 Å². The highest BCUT2D eigenvalue weighted by molar-refractivity contribution is 5.78. The Bertz CT molecular complexity index is 757. The van der Waals surface area contributed by atoms with Gasteiger partial charge in [0, 0.05) is 11.6 Å². The second kappa shape index (κ2) is 4.98. The Balaban J connectivity index is 1.79. The van der Waals surface area contributed by atoms with Crippen molar-refractivity contribution < 1.29 is 19.3 Å². The Kier molecular flexibility index (Phi) is 3.25. The molecule has 0 aromatic carbocycles. The van der Waals surface area contributed by atoms with Gasteiger partial charge < -0.3 is 23.9 Å². The van der Waals surface area contributed by atoms with Crippen molar-refractivity contribution in [1.82, 2.24) is 14.5 Å². The SMILES string of the molecule is Cc1nc(C)c2ccn([C@@H]3O[C@H](CO)C4OC(C)(C)OC43)c2n1. The van der Waals surface area contributed by atoms with E-state index in [0.29, 0.717) is 5.82 Å². The van der Waals surface area contributed by atoms with Crippen molar-refractivity contribution in [2.45, 2.75) is 58.0 Å². The van der Waals surface area contributed by atoms with Gasteiger partial charge in [0.2, 0.25) is 0 Å². The Morgan fingerprint density at radius 2 is 1.96 bits per heavy atom. The molecule has 0 amide bonds. The van der Waals surface area contributed by atoms with Gasteiger partial charge in [0.1, 0.15) is 29.8 Å². The molecule has 2 aliphatic heterocycles. The molecule has 2 aromatic rings. The number of aromatic nitrogens is 3. The van der Waals surface area contributed by atoms with Crippen molar-refractivity contribution in [3.63, 3.8) is 0 Å². The van der Waals surface area contributed by atoms with Crippen LogP contribution in [0.5, 0.6) is 0 Å². The first kappa shape index (κ1) is 15.0. The lowest BCUT2D eigenvalue weighted by Gasteiger charge is -2.24. The molecule has 1 N–H and O–H groups in total. The number of hydrogen-bond donors (Lipinski definition) is 1. The number of hydrogen-bond acceptors (Lipinski definition) is 6. The van der Waals surface area contributed by atoms with Crippen LogP contribution in [-0.4, -0.2) is 50.3 Å². The molecule has 2 aliphatic rings. The van der Waals surface area contributed by atoms with Crippen molar-refractivity contribution in [1.29, 1.82) is 0 Å². The zero-order chi connectivity index (χ0) is 16.4. The van der Waals surface area contributed by atoms with Crippen molar-refractivity contribution in [3.8, 4) is 0 Å². The number of nitrogens with zero attached hydrogens (tertiary/aromatic N) is 3. The monoisotopic (exact) mass is 319 g/mol. The maximum atomic E-state index is 9.60. The van der Waals surface area contributed by atoms with E-state index in [4.69, 9.17) is 14.2 Å². The fourth-order valence-electron chi connectivity index (χ4n) is 3.56. The minimum Gasteiger partial charge on any atom is -0.394 e. The van der Waals surface area contributed by atoms with Crippen molar-refractivity contribution >= 4 is 11.0 Å². The Labute approximate surface area is 134 Å². The minimum atomic E-state index is -0.686. The van der Waals surface area contributed by atoms with E-state index in [1.54, 1.807) is 0 Å². The molecule has 124 valence electrons. The van der Waals surface area contributed by atoms with Crippen LogP contribution in [0, 0.1) is 13.8 Å². The van der Waals surface area contributed by atoms with Crippen LogP contribution < -0.4 is 0 Å². The summed E-state index contributed by atoms with van der Waals surface area (Å²) in [6, 6.07) is 1.98. The largest absolute Gasteiger partial charge is 0.394 e. The zero-order valence-corrected chi connectivity index (χ0v) is 13.7. The molecular formula is C16H21N3O4. The van der Waals surface area contributed by atoms with E-state index in [1.807, 2.05) is 44.5 Å². The predicted molar refractivity (Wildman–Crippen MR) is 81.8 cm³/mol. The molecule has 0 saturated carbocycles. The summed E-state index contributed by atoms with van der Waals surface area (Å²) in [4.78, 5) is 8.96. The van der Waals surface area contributed by atoms with Crippen molar-refractivity contribution in [2.75, 3.05) is 6.61 Å². The fraction of sp³-hybridized carbons (Fsp3) is 0.625. The molecule has 0 bridgehead atoms. The van der Waals surface area contributed by atoms with Gasteiger partial charge in [-0.1, -0.05) is 0 Å². The molecule has 4 heterocycles. The molecule has 0 aliphatic carbocycles. The normalized spacial score (nSPS) is 32.6. The van der Waals surface area contributed by atoms with Crippen LogP contribution in [0.2, 0.25) is 0 Å².